The molecule has 4 nitrogen and oxygen atoms in total. The van der Waals surface area contributed by atoms with Crippen molar-refractivity contribution in [1.29, 1.82) is 0 Å². The van der Waals surface area contributed by atoms with E-state index in [4.69, 9.17) is 26.2 Å². The molecule has 0 atom stereocenters. The summed E-state index contributed by atoms with van der Waals surface area (Å²) in [5, 5.41) is 9.22. The molecule has 1 saturated heterocycles. The zero-order valence-electron chi connectivity index (χ0n) is 10.3. The summed E-state index contributed by atoms with van der Waals surface area (Å²) >= 11 is 5.92. The minimum absolute atomic E-state index is 0.104. The highest BCUT2D eigenvalue weighted by Crippen LogP contribution is 2.27. The molecule has 1 aromatic carbocycles. The second-order valence-electron chi connectivity index (χ2n) is 4.28. The maximum atomic E-state index is 10.6. The second kappa shape index (κ2) is 6.59. The minimum atomic E-state index is -1.00. The summed E-state index contributed by atoms with van der Waals surface area (Å²) in [6.07, 6.45) is 4.34. The maximum Gasteiger partial charge on any atom is 0.328 e. The molecule has 1 fully saturated rings. The third kappa shape index (κ3) is 4.26. The highest BCUT2D eigenvalue weighted by Gasteiger charge is 2.16. The SMILES string of the molecule is O=C(O)C=Cc1cc(Cl)ccc1OC1CCOCC1. The van der Waals surface area contributed by atoms with E-state index in [0.717, 1.165) is 18.9 Å². The monoisotopic (exact) mass is 282 g/mol. The quantitative estimate of drug-likeness (QED) is 0.863. The molecule has 1 aromatic rings. The van der Waals surface area contributed by atoms with Crippen LogP contribution in [-0.4, -0.2) is 30.4 Å². The van der Waals surface area contributed by atoms with Gasteiger partial charge in [0.2, 0.25) is 0 Å². The van der Waals surface area contributed by atoms with Crippen molar-refractivity contribution < 1.29 is 19.4 Å². The Hall–Kier alpha value is -1.52. The van der Waals surface area contributed by atoms with Crippen LogP contribution in [0.1, 0.15) is 18.4 Å². The number of carbonyl (C=O) groups is 1. The van der Waals surface area contributed by atoms with Gasteiger partial charge in [0.05, 0.1) is 13.2 Å². The Labute approximate surface area is 116 Å². The van der Waals surface area contributed by atoms with Crippen LogP contribution in [0.25, 0.3) is 6.08 Å². The molecule has 19 heavy (non-hydrogen) atoms. The lowest BCUT2D eigenvalue weighted by Gasteiger charge is -2.24. The van der Waals surface area contributed by atoms with Crippen LogP contribution in [0.15, 0.2) is 24.3 Å². The molecule has 1 N–H and O–H groups in total. The van der Waals surface area contributed by atoms with Crippen molar-refractivity contribution in [2.24, 2.45) is 0 Å². The van der Waals surface area contributed by atoms with E-state index in [1.54, 1.807) is 18.2 Å². The number of benzene rings is 1. The van der Waals surface area contributed by atoms with Gasteiger partial charge in [-0.15, -0.1) is 0 Å². The third-order valence-corrected chi connectivity index (χ3v) is 3.07. The van der Waals surface area contributed by atoms with Crippen LogP contribution in [0, 0.1) is 0 Å². The van der Waals surface area contributed by atoms with Gasteiger partial charge in [0, 0.05) is 29.5 Å². The predicted octanol–water partition coefficient (Wildman–Crippen LogP) is 3.00. The normalized spacial score (nSPS) is 16.7. The summed E-state index contributed by atoms with van der Waals surface area (Å²) in [4.78, 5) is 10.6. The maximum absolute atomic E-state index is 10.6. The number of carboxylic acid groups (broad SMARTS) is 1. The lowest BCUT2D eigenvalue weighted by molar-refractivity contribution is -0.131. The van der Waals surface area contributed by atoms with E-state index < -0.39 is 5.97 Å². The van der Waals surface area contributed by atoms with Gasteiger partial charge in [0.1, 0.15) is 11.9 Å². The highest BCUT2D eigenvalue weighted by molar-refractivity contribution is 6.30. The number of hydrogen-bond donors (Lipinski definition) is 1. The Kier molecular flexibility index (Phi) is 4.82. The number of halogens is 1. The number of rotatable bonds is 4. The Bertz CT molecular complexity index is 478. The molecule has 2 rings (SSSR count). The summed E-state index contributed by atoms with van der Waals surface area (Å²) < 4.78 is 11.2. The molecular formula is C14H15ClO4. The van der Waals surface area contributed by atoms with Crippen molar-refractivity contribution in [2.75, 3.05) is 13.2 Å². The fourth-order valence-electron chi connectivity index (χ4n) is 1.89. The van der Waals surface area contributed by atoms with Crippen LogP contribution in [0.4, 0.5) is 0 Å². The molecule has 1 aliphatic heterocycles. The first-order chi connectivity index (χ1) is 9.15. The summed E-state index contributed by atoms with van der Waals surface area (Å²) in [6.45, 7) is 1.39. The van der Waals surface area contributed by atoms with Gasteiger partial charge in [0.25, 0.3) is 0 Å². The average Bonchev–Trinajstić information content (AvgIpc) is 2.40. The molecule has 102 valence electrons. The first kappa shape index (κ1) is 13.9. The van der Waals surface area contributed by atoms with Crippen LogP contribution in [0.2, 0.25) is 5.02 Å². The van der Waals surface area contributed by atoms with Gasteiger partial charge in [-0.05, 0) is 24.3 Å². The van der Waals surface area contributed by atoms with Gasteiger partial charge >= 0.3 is 5.97 Å². The minimum Gasteiger partial charge on any atom is -0.490 e. The zero-order valence-corrected chi connectivity index (χ0v) is 11.1. The van der Waals surface area contributed by atoms with Crippen molar-refractivity contribution in [2.45, 2.75) is 18.9 Å². The number of ether oxygens (including phenoxy) is 2. The van der Waals surface area contributed by atoms with Gasteiger partial charge in [-0.3, -0.25) is 0 Å². The predicted molar refractivity (Wildman–Crippen MR) is 72.6 cm³/mol. The van der Waals surface area contributed by atoms with Crippen molar-refractivity contribution in [1.82, 2.24) is 0 Å². The molecular weight excluding hydrogens is 268 g/mol. The van der Waals surface area contributed by atoms with Crippen molar-refractivity contribution in [3.05, 3.63) is 34.9 Å². The molecule has 1 aliphatic rings. The topological polar surface area (TPSA) is 55.8 Å². The van der Waals surface area contributed by atoms with Crippen LogP contribution >= 0.6 is 11.6 Å². The molecule has 0 unspecified atom stereocenters. The van der Waals surface area contributed by atoms with E-state index in [9.17, 15) is 4.79 Å². The van der Waals surface area contributed by atoms with Crippen molar-refractivity contribution in [3.8, 4) is 5.75 Å². The van der Waals surface area contributed by atoms with E-state index in [0.29, 0.717) is 29.5 Å². The van der Waals surface area contributed by atoms with Crippen LogP contribution < -0.4 is 4.74 Å². The molecule has 0 aromatic heterocycles. The van der Waals surface area contributed by atoms with E-state index in [1.807, 2.05) is 0 Å². The fraction of sp³-hybridized carbons (Fsp3) is 0.357. The average molecular weight is 283 g/mol. The molecule has 1 heterocycles. The standard InChI is InChI=1S/C14H15ClO4/c15-11-2-3-13(10(9-11)1-4-14(16)17)19-12-5-7-18-8-6-12/h1-4,9,12H,5-8H2,(H,16,17). The molecule has 0 radical (unpaired) electrons. The van der Waals surface area contributed by atoms with Crippen molar-refractivity contribution in [3.63, 3.8) is 0 Å². The summed E-state index contributed by atoms with van der Waals surface area (Å²) in [7, 11) is 0. The lowest BCUT2D eigenvalue weighted by Crippen LogP contribution is -2.26. The number of hydrogen-bond acceptors (Lipinski definition) is 3. The van der Waals surface area contributed by atoms with Gasteiger partial charge in [-0.1, -0.05) is 11.6 Å². The first-order valence-corrected chi connectivity index (χ1v) is 6.48. The van der Waals surface area contributed by atoms with Gasteiger partial charge in [0.15, 0.2) is 0 Å². The number of aliphatic carboxylic acids is 1. The third-order valence-electron chi connectivity index (χ3n) is 2.84. The molecule has 0 saturated carbocycles. The Morgan fingerprint density at radius 1 is 1.42 bits per heavy atom. The summed E-state index contributed by atoms with van der Waals surface area (Å²) in [5.74, 6) is -0.356. The molecule has 0 spiro atoms. The molecule has 0 bridgehead atoms. The Balaban J connectivity index is 2.15. The number of carboxylic acids is 1. The summed E-state index contributed by atoms with van der Waals surface area (Å²) in [6, 6.07) is 5.18. The van der Waals surface area contributed by atoms with Gasteiger partial charge < -0.3 is 14.6 Å². The Morgan fingerprint density at radius 3 is 2.84 bits per heavy atom. The van der Waals surface area contributed by atoms with E-state index in [-0.39, 0.29) is 6.10 Å². The fourth-order valence-corrected chi connectivity index (χ4v) is 2.07. The highest BCUT2D eigenvalue weighted by atomic mass is 35.5. The smallest absolute Gasteiger partial charge is 0.328 e. The molecule has 0 aliphatic carbocycles. The van der Waals surface area contributed by atoms with Crippen LogP contribution in [-0.2, 0) is 9.53 Å². The molecule has 5 heteroatoms. The zero-order chi connectivity index (χ0) is 13.7. The van der Waals surface area contributed by atoms with Crippen molar-refractivity contribution >= 4 is 23.6 Å². The largest absolute Gasteiger partial charge is 0.490 e. The van der Waals surface area contributed by atoms with Crippen LogP contribution in [0.5, 0.6) is 5.75 Å². The van der Waals surface area contributed by atoms with E-state index >= 15 is 0 Å². The Morgan fingerprint density at radius 2 is 2.16 bits per heavy atom. The molecule has 0 amide bonds. The van der Waals surface area contributed by atoms with Gasteiger partial charge in [-0.2, -0.15) is 0 Å². The van der Waals surface area contributed by atoms with E-state index in [2.05, 4.69) is 0 Å². The van der Waals surface area contributed by atoms with Crippen LogP contribution in [0.3, 0.4) is 0 Å². The first-order valence-electron chi connectivity index (χ1n) is 6.10. The van der Waals surface area contributed by atoms with E-state index in [1.165, 1.54) is 6.08 Å². The lowest BCUT2D eigenvalue weighted by atomic mass is 10.1. The second-order valence-corrected chi connectivity index (χ2v) is 4.72. The van der Waals surface area contributed by atoms with Gasteiger partial charge in [-0.25, -0.2) is 4.79 Å². The summed E-state index contributed by atoms with van der Waals surface area (Å²) in [5.41, 5.74) is 0.668.